The van der Waals surface area contributed by atoms with Gasteiger partial charge in [-0.1, -0.05) is 44.2 Å². The first-order valence-electron chi connectivity index (χ1n) is 13.4. The van der Waals surface area contributed by atoms with Gasteiger partial charge in [0.2, 0.25) is 0 Å². The zero-order valence-electron chi connectivity index (χ0n) is 22.9. The van der Waals surface area contributed by atoms with E-state index >= 15 is 0 Å². The van der Waals surface area contributed by atoms with Crippen LogP contribution < -0.4 is 10.4 Å². The summed E-state index contributed by atoms with van der Waals surface area (Å²) in [6.07, 6.45) is -1.64. The van der Waals surface area contributed by atoms with Crippen molar-refractivity contribution in [2.75, 3.05) is 6.61 Å². The van der Waals surface area contributed by atoms with Crippen LogP contribution in [0.2, 0.25) is 0 Å². The summed E-state index contributed by atoms with van der Waals surface area (Å²) in [5.41, 5.74) is -2.75. The number of ether oxygens (including phenoxy) is 3. The topological polar surface area (TPSA) is 132 Å². The molecule has 1 aromatic carbocycles. The number of aliphatic hydroxyl groups is 2. The van der Waals surface area contributed by atoms with E-state index in [4.69, 9.17) is 18.6 Å². The molecule has 2 saturated carbocycles. The Morgan fingerprint density at radius 1 is 1.08 bits per heavy atom. The van der Waals surface area contributed by atoms with Crippen molar-refractivity contribution in [1.82, 2.24) is 0 Å². The van der Waals surface area contributed by atoms with E-state index in [1.807, 2.05) is 32.0 Å². The molecule has 2 aliphatic carbocycles. The molecule has 1 aromatic heterocycles. The summed E-state index contributed by atoms with van der Waals surface area (Å²) in [5.74, 6) is -1.46. The lowest BCUT2D eigenvalue weighted by molar-refractivity contribution is -0.267. The van der Waals surface area contributed by atoms with Crippen LogP contribution in [-0.4, -0.2) is 46.6 Å². The third-order valence-electron chi connectivity index (χ3n) is 9.57. The van der Waals surface area contributed by atoms with Crippen molar-refractivity contribution >= 4 is 11.9 Å². The van der Waals surface area contributed by atoms with Gasteiger partial charge in [-0.2, -0.15) is 0 Å². The Kier molecular flexibility index (Phi) is 6.66. The maximum Gasteiger partial charge on any atom is 0.345 e. The summed E-state index contributed by atoms with van der Waals surface area (Å²) in [5, 5.41) is 23.5. The molecule has 0 radical (unpaired) electrons. The van der Waals surface area contributed by atoms with Crippen LogP contribution in [0.25, 0.3) is 11.3 Å². The van der Waals surface area contributed by atoms with Gasteiger partial charge in [0, 0.05) is 36.8 Å². The maximum atomic E-state index is 13.3. The van der Waals surface area contributed by atoms with Gasteiger partial charge in [0.1, 0.15) is 35.4 Å². The summed E-state index contributed by atoms with van der Waals surface area (Å²) < 4.78 is 23.3. The number of esters is 2. The highest BCUT2D eigenvalue weighted by molar-refractivity contribution is 5.67. The second-order valence-corrected chi connectivity index (χ2v) is 12.0. The fourth-order valence-electron chi connectivity index (χ4n) is 7.78. The lowest BCUT2D eigenvalue weighted by Crippen LogP contribution is -2.71. The Morgan fingerprint density at radius 3 is 2.41 bits per heavy atom. The quantitative estimate of drug-likeness (QED) is 0.556. The lowest BCUT2D eigenvalue weighted by atomic mass is 9.42. The Labute approximate surface area is 227 Å². The number of hydrogen-bond donors (Lipinski definition) is 2. The van der Waals surface area contributed by atoms with E-state index in [0.29, 0.717) is 24.2 Å². The SMILES string of the molecule is CC(=O)OCC1(C)[C@@H](OC(C)=O)CC[C@]2(C)[C@H]3[C@@H](O)c4c(cc(-c5ccccc5)oc4=O)O[C@]3(C)[C@@H](O)C[C@@H]12. The van der Waals surface area contributed by atoms with Crippen molar-refractivity contribution in [2.45, 2.75) is 77.8 Å². The predicted octanol–water partition coefficient (Wildman–Crippen LogP) is 3.79. The standard InChI is InChI=1S/C30H36O9/c1-16(31)36-15-29(4)21-14-22(33)30(5)26(28(21,3)12-11-23(29)37-17(2)32)25(34)24-20(39-30)13-19(38-27(24)35)18-9-7-6-8-10-18/h6-10,13,21-23,25-26,33-34H,11-12,14-15H2,1-5H3/t21-,22+,23+,25+,26-,28+,29?,30-/m1/s1. The van der Waals surface area contributed by atoms with E-state index in [1.165, 1.54) is 13.8 Å². The highest BCUT2D eigenvalue weighted by Gasteiger charge is 2.69. The molecule has 0 spiro atoms. The molecule has 3 aliphatic rings. The van der Waals surface area contributed by atoms with Gasteiger partial charge < -0.3 is 28.8 Å². The Hall–Kier alpha value is -3.17. The fraction of sp³-hybridized carbons (Fsp3) is 0.567. The number of hydrogen-bond acceptors (Lipinski definition) is 9. The highest BCUT2D eigenvalue weighted by Crippen LogP contribution is 2.67. The minimum Gasteiger partial charge on any atom is -0.484 e. The number of carbonyl (C=O) groups excluding carboxylic acids is 2. The zero-order chi connectivity index (χ0) is 28.3. The lowest BCUT2D eigenvalue weighted by Gasteiger charge is -2.66. The molecule has 8 atom stereocenters. The van der Waals surface area contributed by atoms with E-state index in [9.17, 15) is 24.6 Å². The molecule has 1 unspecified atom stereocenters. The van der Waals surface area contributed by atoms with Crippen LogP contribution in [-0.2, 0) is 19.1 Å². The normalized spacial score (nSPS) is 36.9. The van der Waals surface area contributed by atoms with Crippen molar-refractivity contribution in [3.8, 4) is 17.1 Å². The van der Waals surface area contributed by atoms with Crippen LogP contribution in [0.4, 0.5) is 0 Å². The van der Waals surface area contributed by atoms with Gasteiger partial charge >= 0.3 is 17.6 Å². The molecule has 9 heteroatoms. The van der Waals surface area contributed by atoms with Crippen LogP contribution >= 0.6 is 0 Å². The smallest absolute Gasteiger partial charge is 0.345 e. The molecule has 210 valence electrons. The van der Waals surface area contributed by atoms with Crippen LogP contribution in [0, 0.1) is 22.7 Å². The monoisotopic (exact) mass is 540 g/mol. The summed E-state index contributed by atoms with van der Waals surface area (Å²) >= 11 is 0. The molecule has 5 rings (SSSR count). The number of rotatable bonds is 4. The molecule has 39 heavy (non-hydrogen) atoms. The molecule has 9 nitrogen and oxygen atoms in total. The van der Waals surface area contributed by atoms with Crippen LogP contribution in [0.5, 0.6) is 5.75 Å². The van der Waals surface area contributed by atoms with Crippen molar-refractivity contribution in [3.63, 3.8) is 0 Å². The highest BCUT2D eigenvalue weighted by atomic mass is 16.6. The van der Waals surface area contributed by atoms with E-state index in [1.54, 1.807) is 25.1 Å². The van der Waals surface area contributed by atoms with E-state index in [-0.39, 0.29) is 30.3 Å². The van der Waals surface area contributed by atoms with Crippen molar-refractivity contribution in [3.05, 3.63) is 52.4 Å². The molecule has 0 saturated heterocycles. The molecule has 2 N–H and O–H groups in total. The van der Waals surface area contributed by atoms with Crippen molar-refractivity contribution in [2.24, 2.45) is 22.7 Å². The first-order chi connectivity index (χ1) is 18.3. The number of aliphatic hydroxyl groups excluding tert-OH is 2. The number of fused-ring (bicyclic) bond motifs is 4. The van der Waals surface area contributed by atoms with Gasteiger partial charge in [-0.05, 0) is 37.5 Å². The predicted molar refractivity (Wildman–Crippen MR) is 140 cm³/mol. The minimum absolute atomic E-state index is 0.0210. The Balaban J connectivity index is 1.61. The maximum absolute atomic E-state index is 13.3. The minimum atomic E-state index is -1.29. The summed E-state index contributed by atoms with van der Waals surface area (Å²) in [4.78, 5) is 37.1. The number of carbonyl (C=O) groups is 2. The van der Waals surface area contributed by atoms with Gasteiger partial charge in [0.15, 0.2) is 0 Å². The molecule has 2 heterocycles. The van der Waals surface area contributed by atoms with E-state index in [0.717, 1.165) is 0 Å². The molecule has 1 aliphatic heterocycles. The van der Waals surface area contributed by atoms with Crippen LogP contribution in [0.3, 0.4) is 0 Å². The molecule has 2 fully saturated rings. The van der Waals surface area contributed by atoms with E-state index < -0.39 is 58.2 Å². The molecular formula is C30H36O9. The average Bonchev–Trinajstić information content (AvgIpc) is 2.86. The molecule has 0 bridgehead atoms. The third kappa shape index (κ3) is 4.26. The Morgan fingerprint density at radius 2 is 1.77 bits per heavy atom. The number of benzene rings is 1. The van der Waals surface area contributed by atoms with Crippen molar-refractivity contribution < 1.29 is 38.4 Å². The first kappa shape index (κ1) is 27.4. The summed E-state index contributed by atoms with van der Waals surface area (Å²) in [6.45, 7) is 8.32. The molecule has 0 amide bonds. The van der Waals surface area contributed by atoms with E-state index in [2.05, 4.69) is 0 Å². The molecule has 2 aromatic rings. The van der Waals surface area contributed by atoms with Crippen LogP contribution in [0.1, 0.15) is 65.5 Å². The van der Waals surface area contributed by atoms with Crippen molar-refractivity contribution in [1.29, 1.82) is 0 Å². The van der Waals surface area contributed by atoms with Crippen LogP contribution in [0.15, 0.2) is 45.6 Å². The van der Waals surface area contributed by atoms with Gasteiger partial charge in [-0.25, -0.2) is 4.79 Å². The van der Waals surface area contributed by atoms with Gasteiger partial charge in [-0.3, -0.25) is 9.59 Å². The summed E-state index contributed by atoms with van der Waals surface area (Å²) in [6, 6.07) is 10.7. The second kappa shape index (κ2) is 9.48. The largest absolute Gasteiger partial charge is 0.484 e. The molecular weight excluding hydrogens is 504 g/mol. The van der Waals surface area contributed by atoms with Gasteiger partial charge in [0.05, 0.1) is 12.2 Å². The summed E-state index contributed by atoms with van der Waals surface area (Å²) in [7, 11) is 0. The average molecular weight is 541 g/mol. The second-order valence-electron chi connectivity index (χ2n) is 12.0. The first-order valence-corrected chi connectivity index (χ1v) is 13.4. The van der Waals surface area contributed by atoms with Gasteiger partial charge in [0.25, 0.3) is 0 Å². The Bertz CT molecular complexity index is 1340. The van der Waals surface area contributed by atoms with Gasteiger partial charge in [-0.15, -0.1) is 0 Å². The fourth-order valence-corrected chi connectivity index (χ4v) is 7.78. The zero-order valence-corrected chi connectivity index (χ0v) is 22.9. The third-order valence-corrected chi connectivity index (χ3v) is 9.57.